The smallest absolute Gasteiger partial charge is 0.142 e. The maximum atomic E-state index is 5.30. The van der Waals surface area contributed by atoms with Crippen LogP contribution in [-0.2, 0) is 0 Å². The molecular weight excluding hydrogens is 214 g/mol. The first-order valence-electron chi connectivity index (χ1n) is 6.27. The van der Waals surface area contributed by atoms with E-state index in [2.05, 4.69) is 12.2 Å². The number of nitrogens with one attached hydrogen (secondary N) is 1. The van der Waals surface area contributed by atoms with Gasteiger partial charge < -0.3 is 14.8 Å². The van der Waals surface area contributed by atoms with Crippen LogP contribution in [0.5, 0.6) is 11.5 Å². The first-order valence-corrected chi connectivity index (χ1v) is 6.27. The van der Waals surface area contributed by atoms with Crippen molar-refractivity contribution in [2.75, 3.05) is 26.1 Å². The second-order valence-electron chi connectivity index (χ2n) is 4.05. The van der Waals surface area contributed by atoms with Crippen LogP contribution in [0.1, 0.15) is 32.6 Å². The Labute approximate surface area is 104 Å². The van der Waals surface area contributed by atoms with Crippen LogP contribution >= 0.6 is 0 Å². The molecule has 0 bridgehead atoms. The van der Waals surface area contributed by atoms with Crippen LogP contribution < -0.4 is 14.8 Å². The molecule has 0 aromatic heterocycles. The van der Waals surface area contributed by atoms with E-state index in [1.54, 1.807) is 14.2 Å². The molecule has 96 valence electrons. The van der Waals surface area contributed by atoms with Crippen LogP contribution in [0.2, 0.25) is 0 Å². The molecule has 17 heavy (non-hydrogen) atoms. The van der Waals surface area contributed by atoms with Crippen molar-refractivity contribution in [1.82, 2.24) is 0 Å². The van der Waals surface area contributed by atoms with Gasteiger partial charge in [-0.3, -0.25) is 0 Å². The summed E-state index contributed by atoms with van der Waals surface area (Å²) >= 11 is 0. The molecule has 0 atom stereocenters. The van der Waals surface area contributed by atoms with Crippen molar-refractivity contribution < 1.29 is 9.47 Å². The van der Waals surface area contributed by atoms with Crippen molar-refractivity contribution >= 4 is 5.69 Å². The lowest BCUT2D eigenvalue weighted by Crippen LogP contribution is -2.03. The molecule has 0 saturated heterocycles. The lowest BCUT2D eigenvalue weighted by atomic mass is 10.2. The third-order valence-electron chi connectivity index (χ3n) is 2.75. The summed E-state index contributed by atoms with van der Waals surface area (Å²) in [7, 11) is 3.36. The molecule has 1 N–H and O–H groups in total. The van der Waals surface area contributed by atoms with Crippen LogP contribution in [-0.4, -0.2) is 20.8 Å². The van der Waals surface area contributed by atoms with E-state index >= 15 is 0 Å². The summed E-state index contributed by atoms with van der Waals surface area (Å²) in [5.74, 6) is 1.71. The van der Waals surface area contributed by atoms with Crippen molar-refractivity contribution in [3.63, 3.8) is 0 Å². The van der Waals surface area contributed by atoms with Crippen LogP contribution in [0.15, 0.2) is 18.2 Å². The van der Waals surface area contributed by atoms with E-state index in [9.17, 15) is 0 Å². The van der Waals surface area contributed by atoms with E-state index in [1.807, 2.05) is 18.2 Å². The molecule has 1 rings (SSSR count). The van der Waals surface area contributed by atoms with Gasteiger partial charge in [0.25, 0.3) is 0 Å². The molecule has 0 amide bonds. The van der Waals surface area contributed by atoms with Gasteiger partial charge in [0.05, 0.1) is 19.9 Å². The lowest BCUT2D eigenvalue weighted by molar-refractivity contribution is 0.404. The Bertz CT molecular complexity index is 326. The lowest BCUT2D eigenvalue weighted by Gasteiger charge is -2.12. The van der Waals surface area contributed by atoms with Gasteiger partial charge in [-0.05, 0) is 18.6 Å². The van der Waals surface area contributed by atoms with E-state index in [0.717, 1.165) is 23.7 Å². The first-order chi connectivity index (χ1) is 8.31. The normalized spacial score (nSPS) is 10.1. The summed E-state index contributed by atoms with van der Waals surface area (Å²) < 4.78 is 10.5. The van der Waals surface area contributed by atoms with E-state index in [0.29, 0.717) is 0 Å². The number of rotatable bonds is 8. The highest BCUT2D eigenvalue weighted by molar-refractivity contribution is 5.59. The molecule has 1 aromatic carbocycles. The quantitative estimate of drug-likeness (QED) is 0.699. The standard InChI is InChI=1S/C14H23NO2/c1-4-5-6-7-10-15-13-11-12(16-2)8-9-14(13)17-3/h8-9,11,15H,4-7,10H2,1-3H3. The molecular formula is C14H23NO2. The van der Waals surface area contributed by atoms with Gasteiger partial charge in [0.2, 0.25) is 0 Å². The first kappa shape index (κ1) is 13.7. The minimum absolute atomic E-state index is 0.849. The van der Waals surface area contributed by atoms with Gasteiger partial charge in [-0.1, -0.05) is 26.2 Å². The van der Waals surface area contributed by atoms with Crippen molar-refractivity contribution in [2.24, 2.45) is 0 Å². The maximum absolute atomic E-state index is 5.30. The second-order valence-corrected chi connectivity index (χ2v) is 4.05. The van der Waals surface area contributed by atoms with Crippen molar-refractivity contribution in [3.05, 3.63) is 18.2 Å². The zero-order valence-corrected chi connectivity index (χ0v) is 11.1. The van der Waals surface area contributed by atoms with E-state index in [4.69, 9.17) is 9.47 Å². The van der Waals surface area contributed by atoms with Crippen LogP contribution in [0, 0.1) is 0 Å². The third kappa shape index (κ3) is 4.55. The van der Waals surface area contributed by atoms with Crippen molar-refractivity contribution in [2.45, 2.75) is 32.6 Å². The third-order valence-corrected chi connectivity index (χ3v) is 2.75. The minimum Gasteiger partial charge on any atom is -0.497 e. The molecule has 0 aliphatic heterocycles. The number of benzene rings is 1. The van der Waals surface area contributed by atoms with E-state index in [1.165, 1.54) is 25.7 Å². The van der Waals surface area contributed by atoms with Crippen LogP contribution in [0.3, 0.4) is 0 Å². The molecule has 3 nitrogen and oxygen atoms in total. The predicted octanol–water partition coefficient (Wildman–Crippen LogP) is 3.70. The summed E-state index contributed by atoms with van der Waals surface area (Å²) in [5.41, 5.74) is 1.00. The molecule has 3 heteroatoms. The summed E-state index contributed by atoms with van der Waals surface area (Å²) in [4.78, 5) is 0. The molecule has 0 aliphatic rings. The zero-order valence-electron chi connectivity index (χ0n) is 11.1. The van der Waals surface area contributed by atoms with Gasteiger partial charge in [-0.15, -0.1) is 0 Å². The van der Waals surface area contributed by atoms with E-state index < -0.39 is 0 Å². The van der Waals surface area contributed by atoms with Gasteiger partial charge in [-0.2, -0.15) is 0 Å². The molecule has 0 saturated carbocycles. The number of hydrogen-bond donors (Lipinski definition) is 1. The SMILES string of the molecule is CCCCCCNc1cc(OC)ccc1OC. The molecule has 0 unspecified atom stereocenters. The molecule has 0 radical (unpaired) electrons. The largest absolute Gasteiger partial charge is 0.497 e. The number of anilines is 1. The Kier molecular flexibility index (Phi) is 6.30. The summed E-state index contributed by atoms with van der Waals surface area (Å²) in [5, 5.41) is 3.39. The van der Waals surface area contributed by atoms with Crippen LogP contribution in [0.25, 0.3) is 0 Å². The second kappa shape index (κ2) is 7.82. The minimum atomic E-state index is 0.849. The number of ether oxygens (including phenoxy) is 2. The summed E-state index contributed by atoms with van der Waals surface area (Å²) in [6.07, 6.45) is 5.03. The fourth-order valence-corrected chi connectivity index (χ4v) is 1.73. The average Bonchev–Trinajstić information content (AvgIpc) is 2.38. The zero-order chi connectivity index (χ0) is 12.5. The van der Waals surface area contributed by atoms with E-state index in [-0.39, 0.29) is 0 Å². The van der Waals surface area contributed by atoms with Crippen molar-refractivity contribution in [3.8, 4) is 11.5 Å². The van der Waals surface area contributed by atoms with Gasteiger partial charge in [0.1, 0.15) is 11.5 Å². The topological polar surface area (TPSA) is 30.5 Å². The van der Waals surface area contributed by atoms with Gasteiger partial charge in [-0.25, -0.2) is 0 Å². The Balaban J connectivity index is 2.49. The number of methoxy groups -OCH3 is 2. The molecule has 0 aliphatic carbocycles. The summed E-state index contributed by atoms with van der Waals surface area (Å²) in [6, 6.07) is 5.80. The highest BCUT2D eigenvalue weighted by Gasteiger charge is 2.03. The maximum Gasteiger partial charge on any atom is 0.142 e. The Morgan fingerprint density at radius 2 is 1.88 bits per heavy atom. The fourth-order valence-electron chi connectivity index (χ4n) is 1.73. The number of unbranched alkanes of at least 4 members (excludes halogenated alkanes) is 3. The Morgan fingerprint density at radius 3 is 2.53 bits per heavy atom. The fraction of sp³-hybridized carbons (Fsp3) is 0.571. The average molecular weight is 237 g/mol. The van der Waals surface area contributed by atoms with Gasteiger partial charge in [0.15, 0.2) is 0 Å². The number of hydrogen-bond acceptors (Lipinski definition) is 3. The van der Waals surface area contributed by atoms with Crippen molar-refractivity contribution in [1.29, 1.82) is 0 Å². The molecule has 1 aromatic rings. The highest BCUT2D eigenvalue weighted by atomic mass is 16.5. The van der Waals surface area contributed by atoms with Gasteiger partial charge in [0, 0.05) is 12.6 Å². The molecule has 0 heterocycles. The summed E-state index contributed by atoms with van der Waals surface area (Å²) in [6.45, 7) is 3.20. The highest BCUT2D eigenvalue weighted by Crippen LogP contribution is 2.28. The van der Waals surface area contributed by atoms with Gasteiger partial charge >= 0.3 is 0 Å². The monoisotopic (exact) mass is 237 g/mol. The Hall–Kier alpha value is -1.38. The van der Waals surface area contributed by atoms with Crippen LogP contribution in [0.4, 0.5) is 5.69 Å². The molecule has 0 fully saturated rings. The molecule has 0 spiro atoms. The Morgan fingerprint density at radius 1 is 1.06 bits per heavy atom. The predicted molar refractivity (Wildman–Crippen MR) is 72.2 cm³/mol.